The van der Waals surface area contributed by atoms with Crippen molar-refractivity contribution in [2.24, 2.45) is 12.8 Å². The van der Waals surface area contributed by atoms with Crippen LogP contribution >= 0.6 is 22.9 Å². The third-order valence-electron chi connectivity index (χ3n) is 5.66. The molecular weight excluding hydrogens is 564 g/mol. The van der Waals surface area contributed by atoms with Crippen LogP contribution in [0.4, 0.5) is 32.0 Å². The lowest BCUT2D eigenvalue weighted by molar-refractivity contribution is -0.142. The summed E-state index contributed by atoms with van der Waals surface area (Å²) in [5, 5.41) is 9.07. The lowest BCUT2D eigenvalue weighted by Crippen LogP contribution is -2.22. The molecule has 17 heteroatoms. The van der Waals surface area contributed by atoms with Gasteiger partial charge in [-0.15, -0.1) is 11.3 Å². The number of primary amides is 1. The molecule has 202 valence electrons. The van der Waals surface area contributed by atoms with Gasteiger partial charge in [0.25, 0.3) is 5.91 Å². The molecule has 3 N–H and O–H groups in total. The lowest BCUT2D eigenvalue weighted by atomic mass is 10.0. The van der Waals surface area contributed by atoms with Crippen molar-refractivity contribution < 1.29 is 35.9 Å². The Morgan fingerprint density at radius 3 is 2.26 bits per heavy atom. The van der Waals surface area contributed by atoms with Crippen LogP contribution < -0.4 is 11.1 Å². The van der Waals surface area contributed by atoms with Crippen LogP contribution in [0.5, 0.6) is 0 Å². The highest BCUT2D eigenvalue weighted by Crippen LogP contribution is 2.44. The summed E-state index contributed by atoms with van der Waals surface area (Å²) >= 11 is 6.25. The molecule has 0 unspecified atom stereocenters. The van der Waals surface area contributed by atoms with E-state index in [1.807, 2.05) is 0 Å². The number of carbonyl (C=O) groups excluding carboxylic acids is 2. The van der Waals surface area contributed by atoms with Gasteiger partial charge in [-0.1, -0.05) is 11.6 Å². The topological polar surface area (TPSA) is 121 Å². The van der Waals surface area contributed by atoms with E-state index < -0.39 is 47.1 Å². The molecule has 0 aliphatic carbocycles. The van der Waals surface area contributed by atoms with E-state index in [1.165, 1.54) is 17.8 Å². The molecule has 0 aromatic carbocycles. The van der Waals surface area contributed by atoms with Crippen LogP contribution in [0.25, 0.3) is 21.3 Å². The summed E-state index contributed by atoms with van der Waals surface area (Å²) in [5.41, 5.74) is 3.11. The van der Waals surface area contributed by atoms with Crippen molar-refractivity contribution in [3.63, 3.8) is 0 Å². The van der Waals surface area contributed by atoms with Gasteiger partial charge in [-0.3, -0.25) is 19.0 Å². The summed E-state index contributed by atoms with van der Waals surface area (Å²) in [6.07, 6.45) is -8.40. The van der Waals surface area contributed by atoms with Gasteiger partial charge in [0, 0.05) is 23.7 Å². The Hall–Kier alpha value is -3.66. The number of hydrogen-bond donors (Lipinski definition) is 2. The van der Waals surface area contributed by atoms with Gasteiger partial charge in [0.1, 0.15) is 21.9 Å². The number of carbonyl (C=O) groups is 2. The first-order valence-electron chi connectivity index (χ1n) is 10.4. The summed E-state index contributed by atoms with van der Waals surface area (Å²) < 4.78 is 82.5. The molecule has 0 aliphatic heterocycles. The Bertz CT molecular complexity index is 1600. The number of nitrogens with two attached hydrogens (primary N) is 1. The predicted molar refractivity (Wildman–Crippen MR) is 126 cm³/mol. The zero-order valence-corrected chi connectivity index (χ0v) is 21.1. The van der Waals surface area contributed by atoms with Gasteiger partial charge >= 0.3 is 12.4 Å². The maximum absolute atomic E-state index is 13.7. The summed E-state index contributed by atoms with van der Waals surface area (Å²) in [4.78, 5) is 28.2. The maximum Gasteiger partial charge on any atom is 0.436 e. The number of nitrogens with one attached hydrogen (secondary N) is 1. The highest BCUT2D eigenvalue weighted by Gasteiger charge is 2.39. The van der Waals surface area contributed by atoms with E-state index in [4.69, 9.17) is 17.3 Å². The van der Waals surface area contributed by atoms with Crippen molar-refractivity contribution in [3.8, 4) is 11.1 Å². The standard InChI is InChI=1S/C21H16ClF6N7O2S/c1-7-10(5-30-34(7)3)9-4-11(20(23,24)25)31-19-13(9)15(16(38-19)18(29)37)32-12(36)6-35-8(2)14(22)17(33-35)21(26,27)28/h4-5H,6H2,1-3H3,(H2,29,37)(H,32,36). The normalized spacial score (nSPS) is 12.4. The molecule has 0 fully saturated rings. The zero-order chi connectivity index (χ0) is 28.3. The van der Waals surface area contributed by atoms with Gasteiger partial charge in [-0.05, 0) is 25.5 Å². The Labute approximate surface area is 218 Å². The molecule has 0 bridgehead atoms. The number of aryl methyl sites for hydroxylation is 1. The van der Waals surface area contributed by atoms with E-state index in [-0.39, 0.29) is 37.6 Å². The van der Waals surface area contributed by atoms with Crippen molar-refractivity contribution in [2.45, 2.75) is 32.7 Å². The van der Waals surface area contributed by atoms with Gasteiger partial charge in [0.05, 0.1) is 22.6 Å². The lowest BCUT2D eigenvalue weighted by Gasteiger charge is -2.12. The van der Waals surface area contributed by atoms with E-state index >= 15 is 0 Å². The number of aromatic nitrogens is 5. The zero-order valence-electron chi connectivity index (χ0n) is 19.5. The minimum absolute atomic E-state index is 0.0209. The fourth-order valence-corrected chi connectivity index (χ4v) is 4.94. The number of halogens is 7. The van der Waals surface area contributed by atoms with Crippen molar-refractivity contribution in [1.29, 1.82) is 0 Å². The fraction of sp³-hybridized carbons (Fsp3) is 0.286. The molecule has 0 saturated carbocycles. The number of amides is 2. The van der Waals surface area contributed by atoms with Crippen LogP contribution in [0.2, 0.25) is 5.02 Å². The average molecular weight is 580 g/mol. The molecule has 4 aromatic heterocycles. The Balaban J connectivity index is 1.87. The SMILES string of the molecule is Cc1c(-c2cc(C(F)(F)F)nc3sc(C(N)=O)c(NC(=O)Cn4nc(C(F)(F)F)c(Cl)c4C)c23)cnn1C. The molecule has 38 heavy (non-hydrogen) atoms. The number of pyridine rings is 1. The number of alkyl halides is 6. The second-order valence-corrected chi connectivity index (χ2v) is 9.50. The van der Waals surface area contributed by atoms with Gasteiger partial charge < -0.3 is 11.1 Å². The van der Waals surface area contributed by atoms with Crippen molar-refractivity contribution in [2.75, 3.05) is 5.32 Å². The van der Waals surface area contributed by atoms with E-state index in [0.717, 1.165) is 6.07 Å². The molecular formula is C21H16ClF6N7O2S. The average Bonchev–Trinajstić information content (AvgIpc) is 3.42. The maximum atomic E-state index is 13.7. The van der Waals surface area contributed by atoms with Crippen molar-refractivity contribution >= 4 is 50.7 Å². The predicted octanol–water partition coefficient (Wildman–Crippen LogP) is 4.94. The molecule has 4 heterocycles. The van der Waals surface area contributed by atoms with E-state index in [9.17, 15) is 35.9 Å². The summed E-state index contributed by atoms with van der Waals surface area (Å²) in [5.74, 6) is -2.01. The van der Waals surface area contributed by atoms with E-state index in [2.05, 4.69) is 20.5 Å². The number of rotatable bonds is 5. The van der Waals surface area contributed by atoms with E-state index in [0.29, 0.717) is 21.7 Å². The number of thiophene rings is 1. The first-order chi connectivity index (χ1) is 17.5. The first-order valence-corrected chi connectivity index (χ1v) is 11.6. The monoisotopic (exact) mass is 579 g/mol. The minimum atomic E-state index is -4.87. The highest BCUT2D eigenvalue weighted by atomic mass is 35.5. The van der Waals surface area contributed by atoms with Crippen LogP contribution in [-0.2, 0) is 30.7 Å². The van der Waals surface area contributed by atoms with Crippen LogP contribution in [0, 0.1) is 13.8 Å². The molecule has 4 rings (SSSR count). The second kappa shape index (κ2) is 9.27. The van der Waals surface area contributed by atoms with Crippen LogP contribution in [0.15, 0.2) is 12.3 Å². The number of anilines is 1. The Morgan fingerprint density at radius 2 is 1.76 bits per heavy atom. The minimum Gasteiger partial charge on any atom is -0.365 e. The van der Waals surface area contributed by atoms with Gasteiger partial charge in [0.2, 0.25) is 5.91 Å². The number of fused-ring (bicyclic) bond motifs is 1. The number of nitrogens with zero attached hydrogens (tertiary/aromatic N) is 5. The largest absolute Gasteiger partial charge is 0.436 e. The van der Waals surface area contributed by atoms with Crippen molar-refractivity contribution in [3.05, 3.63) is 44.9 Å². The smallest absolute Gasteiger partial charge is 0.365 e. The molecule has 0 radical (unpaired) electrons. The third kappa shape index (κ3) is 4.80. The highest BCUT2D eigenvalue weighted by molar-refractivity contribution is 7.21. The Morgan fingerprint density at radius 1 is 1.11 bits per heavy atom. The van der Waals surface area contributed by atoms with Crippen molar-refractivity contribution in [1.82, 2.24) is 24.5 Å². The molecule has 9 nitrogen and oxygen atoms in total. The fourth-order valence-electron chi connectivity index (χ4n) is 3.69. The molecule has 2 amide bonds. The third-order valence-corrected chi connectivity index (χ3v) is 7.21. The van der Waals surface area contributed by atoms with E-state index in [1.54, 1.807) is 14.0 Å². The summed E-state index contributed by atoms with van der Waals surface area (Å²) in [6, 6.07) is 0.756. The number of hydrogen-bond acceptors (Lipinski definition) is 6. The summed E-state index contributed by atoms with van der Waals surface area (Å²) in [7, 11) is 1.57. The molecule has 0 atom stereocenters. The Kier molecular flexibility index (Phi) is 6.68. The quantitative estimate of drug-likeness (QED) is 0.325. The van der Waals surface area contributed by atoms with Crippen LogP contribution in [0.3, 0.4) is 0 Å². The first kappa shape index (κ1) is 27.4. The van der Waals surface area contributed by atoms with Crippen LogP contribution in [-0.4, -0.2) is 36.4 Å². The van der Waals surface area contributed by atoms with Gasteiger partial charge in [-0.25, -0.2) is 4.98 Å². The molecule has 0 saturated heterocycles. The van der Waals surface area contributed by atoms with Gasteiger partial charge in [0.15, 0.2) is 5.69 Å². The molecule has 4 aromatic rings. The van der Waals surface area contributed by atoms with Crippen LogP contribution in [0.1, 0.15) is 32.4 Å². The summed E-state index contributed by atoms with van der Waals surface area (Å²) in [6.45, 7) is 2.06. The van der Waals surface area contributed by atoms with Gasteiger partial charge in [-0.2, -0.15) is 36.5 Å². The second-order valence-electron chi connectivity index (χ2n) is 8.12. The molecule has 0 spiro atoms. The molecule has 0 aliphatic rings.